The monoisotopic (exact) mass is 502 g/mol. The molecule has 5 rings (SSSR count). The maximum Gasteiger partial charge on any atom is 0.240 e. The fourth-order valence-corrected chi connectivity index (χ4v) is 6.21. The van der Waals surface area contributed by atoms with Gasteiger partial charge >= 0.3 is 0 Å². The summed E-state index contributed by atoms with van der Waals surface area (Å²) in [4.78, 5) is 22.7. The van der Waals surface area contributed by atoms with Gasteiger partial charge in [0.25, 0.3) is 0 Å². The van der Waals surface area contributed by atoms with E-state index in [1.807, 2.05) is 67.7 Å². The first-order chi connectivity index (χ1) is 17.4. The predicted octanol–water partition coefficient (Wildman–Crippen LogP) is 4.73. The van der Waals surface area contributed by atoms with E-state index in [0.717, 1.165) is 11.1 Å². The van der Waals surface area contributed by atoms with Gasteiger partial charge < -0.3 is 9.88 Å². The summed E-state index contributed by atoms with van der Waals surface area (Å²) >= 11 is 0. The second-order valence-electron chi connectivity index (χ2n) is 9.48. The number of fused-ring (bicyclic) bond motifs is 1. The summed E-state index contributed by atoms with van der Waals surface area (Å²) in [5.74, 6) is 0.754. The predicted molar refractivity (Wildman–Crippen MR) is 141 cm³/mol. The third kappa shape index (κ3) is 5.34. The Balaban J connectivity index is 1.20. The number of nitrogens with one attached hydrogen (secondary N) is 2. The normalized spacial score (nSPS) is 18.2. The van der Waals surface area contributed by atoms with Gasteiger partial charge in [-0.1, -0.05) is 60.7 Å². The van der Waals surface area contributed by atoms with Crippen molar-refractivity contribution in [1.82, 2.24) is 19.6 Å². The number of amides is 1. The zero-order valence-corrected chi connectivity index (χ0v) is 21.0. The number of aromatic amines is 1. The van der Waals surface area contributed by atoms with Crippen LogP contribution in [0.1, 0.15) is 31.2 Å². The Morgan fingerprint density at radius 1 is 0.972 bits per heavy atom. The lowest BCUT2D eigenvalue weighted by Gasteiger charge is -2.31. The van der Waals surface area contributed by atoms with Crippen LogP contribution in [-0.4, -0.2) is 42.3 Å². The molecule has 1 heterocycles. The Labute approximate surface area is 211 Å². The van der Waals surface area contributed by atoms with Crippen molar-refractivity contribution < 1.29 is 13.2 Å². The van der Waals surface area contributed by atoms with Crippen LogP contribution in [-0.2, 0) is 21.4 Å². The molecular weight excluding hydrogens is 472 g/mol. The zero-order chi connectivity index (χ0) is 25.1. The lowest BCUT2D eigenvalue weighted by atomic mass is 9.85. The quantitative estimate of drug-likeness (QED) is 0.382. The largest absolute Gasteiger partial charge is 0.341 e. The average Bonchev–Trinajstić information content (AvgIpc) is 3.33. The fraction of sp³-hybridized carbons (Fsp3) is 0.286. The molecule has 1 aliphatic carbocycles. The SMILES string of the molecule is CN(Cc1ccccc1)C(=O)C1CCC(NS(=O)(=O)c2ccc3nc(-c4ccccc4)[nH]c3c2)CC1. The first-order valence-electron chi connectivity index (χ1n) is 12.3. The molecule has 1 aromatic heterocycles. The van der Waals surface area contributed by atoms with Crippen LogP contribution >= 0.6 is 0 Å². The van der Waals surface area contributed by atoms with Gasteiger partial charge in [0.05, 0.1) is 15.9 Å². The van der Waals surface area contributed by atoms with Crippen LogP contribution in [0, 0.1) is 5.92 Å². The molecule has 0 radical (unpaired) electrons. The molecule has 0 aliphatic heterocycles. The first kappa shape index (κ1) is 24.2. The molecule has 1 fully saturated rings. The van der Waals surface area contributed by atoms with Crippen LogP contribution in [0.2, 0.25) is 0 Å². The Morgan fingerprint density at radius 2 is 1.64 bits per heavy atom. The molecule has 0 atom stereocenters. The highest BCUT2D eigenvalue weighted by atomic mass is 32.2. The van der Waals surface area contributed by atoms with Crippen molar-refractivity contribution in [3.63, 3.8) is 0 Å². The zero-order valence-electron chi connectivity index (χ0n) is 20.2. The molecule has 8 heteroatoms. The smallest absolute Gasteiger partial charge is 0.240 e. The molecule has 0 spiro atoms. The first-order valence-corrected chi connectivity index (χ1v) is 13.7. The molecule has 0 unspecified atom stereocenters. The van der Waals surface area contributed by atoms with E-state index in [1.54, 1.807) is 23.1 Å². The molecule has 1 amide bonds. The molecule has 1 aliphatic rings. The Bertz CT molecular complexity index is 1440. The van der Waals surface area contributed by atoms with Gasteiger partial charge in [-0.15, -0.1) is 0 Å². The van der Waals surface area contributed by atoms with Crippen LogP contribution in [0.5, 0.6) is 0 Å². The van der Waals surface area contributed by atoms with E-state index in [-0.39, 0.29) is 22.8 Å². The minimum Gasteiger partial charge on any atom is -0.341 e. The maximum absolute atomic E-state index is 13.1. The van der Waals surface area contributed by atoms with Crippen molar-refractivity contribution in [3.05, 3.63) is 84.4 Å². The van der Waals surface area contributed by atoms with E-state index < -0.39 is 10.0 Å². The lowest BCUT2D eigenvalue weighted by molar-refractivity contribution is -0.135. The van der Waals surface area contributed by atoms with Crippen LogP contribution in [0.3, 0.4) is 0 Å². The second-order valence-corrected chi connectivity index (χ2v) is 11.2. The summed E-state index contributed by atoms with van der Waals surface area (Å²) in [6.07, 6.45) is 2.62. The number of rotatable bonds is 7. The van der Waals surface area contributed by atoms with Gasteiger partial charge in [-0.2, -0.15) is 0 Å². The van der Waals surface area contributed by atoms with Gasteiger partial charge in [0, 0.05) is 31.1 Å². The Hall–Kier alpha value is -3.49. The highest BCUT2D eigenvalue weighted by Gasteiger charge is 2.30. The van der Waals surface area contributed by atoms with Crippen molar-refractivity contribution in [2.45, 2.75) is 43.2 Å². The minimum absolute atomic E-state index is 0.0720. The van der Waals surface area contributed by atoms with Gasteiger partial charge in [0.15, 0.2) is 0 Å². The van der Waals surface area contributed by atoms with E-state index in [2.05, 4.69) is 14.7 Å². The maximum atomic E-state index is 13.1. The fourth-order valence-electron chi connectivity index (χ4n) is 4.88. The molecule has 0 bridgehead atoms. The number of nitrogens with zero attached hydrogens (tertiary/aromatic N) is 2. The average molecular weight is 503 g/mol. The van der Waals surface area contributed by atoms with Gasteiger partial charge in [-0.3, -0.25) is 4.79 Å². The number of benzene rings is 3. The third-order valence-corrected chi connectivity index (χ3v) is 8.37. The summed E-state index contributed by atoms with van der Waals surface area (Å²) in [6, 6.07) is 24.4. The third-order valence-electron chi connectivity index (χ3n) is 6.85. The molecule has 0 saturated heterocycles. The van der Waals surface area contributed by atoms with E-state index in [9.17, 15) is 13.2 Å². The molecule has 3 aromatic carbocycles. The van der Waals surface area contributed by atoms with Crippen molar-refractivity contribution in [3.8, 4) is 11.4 Å². The summed E-state index contributed by atoms with van der Waals surface area (Å²) in [5.41, 5.74) is 3.43. The molecule has 1 saturated carbocycles. The second kappa shape index (κ2) is 10.2. The lowest BCUT2D eigenvalue weighted by Crippen LogP contribution is -2.41. The highest BCUT2D eigenvalue weighted by Crippen LogP contribution is 2.28. The van der Waals surface area contributed by atoms with Crippen molar-refractivity contribution in [1.29, 1.82) is 0 Å². The molecular formula is C28H30N4O3S. The number of sulfonamides is 1. The summed E-state index contributed by atoms with van der Waals surface area (Å²) < 4.78 is 29.1. The van der Waals surface area contributed by atoms with Gasteiger partial charge in [-0.05, 0) is 49.4 Å². The summed E-state index contributed by atoms with van der Waals surface area (Å²) in [7, 11) is -1.86. The highest BCUT2D eigenvalue weighted by molar-refractivity contribution is 7.89. The van der Waals surface area contributed by atoms with E-state index >= 15 is 0 Å². The summed E-state index contributed by atoms with van der Waals surface area (Å²) in [6.45, 7) is 0.578. The van der Waals surface area contributed by atoms with E-state index in [4.69, 9.17) is 0 Å². The number of carbonyl (C=O) groups is 1. The number of imidazole rings is 1. The van der Waals surface area contributed by atoms with E-state index in [1.165, 1.54) is 0 Å². The topological polar surface area (TPSA) is 95.2 Å². The number of aromatic nitrogens is 2. The Morgan fingerprint density at radius 3 is 2.33 bits per heavy atom. The van der Waals surface area contributed by atoms with Gasteiger partial charge in [-0.25, -0.2) is 18.1 Å². The molecule has 2 N–H and O–H groups in total. The number of carbonyl (C=O) groups excluding carboxylic acids is 1. The van der Waals surface area contributed by atoms with Crippen LogP contribution in [0.4, 0.5) is 0 Å². The molecule has 186 valence electrons. The molecule has 4 aromatic rings. The molecule has 7 nitrogen and oxygen atoms in total. The number of hydrogen-bond donors (Lipinski definition) is 2. The van der Waals surface area contributed by atoms with Crippen LogP contribution < -0.4 is 4.72 Å². The van der Waals surface area contributed by atoms with Crippen LogP contribution in [0.15, 0.2) is 83.8 Å². The van der Waals surface area contributed by atoms with Crippen molar-refractivity contribution in [2.75, 3.05) is 7.05 Å². The van der Waals surface area contributed by atoms with Gasteiger partial charge in [0.2, 0.25) is 15.9 Å². The van der Waals surface area contributed by atoms with E-state index in [0.29, 0.717) is 49.1 Å². The van der Waals surface area contributed by atoms with Crippen molar-refractivity contribution >= 4 is 27.0 Å². The Kier molecular flexibility index (Phi) is 6.89. The number of H-pyrrole nitrogens is 1. The van der Waals surface area contributed by atoms with Gasteiger partial charge in [0.1, 0.15) is 5.82 Å². The van der Waals surface area contributed by atoms with Crippen LogP contribution in [0.25, 0.3) is 22.4 Å². The standard InChI is InChI=1S/C28H30N4O3S/c1-32(19-20-8-4-2-5-9-20)28(33)22-12-14-23(15-13-22)31-36(34,35)24-16-17-25-26(18-24)30-27(29-25)21-10-6-3-7-11-21/h2-11,16-18,22-23,31H,12-15,19H2,1H3,(H,29,30). The number of hydrogen-bond acceptors (Lipinski definition) is 4. The summed E-state index contributed by atoms with van der Waals surface area (Å²) in [5, 5.41) is 0. The van der Waals surface area contributed by atoms with Crippen molar-refractivity contribution in [2.24, 2.45) is 5.92 Å². The minimum atomic E-state index is -3.69. The molecule has 36 heavy (non-hydrogen) atoms.